The van der Waals surface area contributed by atoms with Crippen LogP contribution in [0.4, 0.5) is 11.6 Å². The van der Waals surface area contributed by atoms with E-state index in [9.17, 15) is 4.79 Å². The highest BCUT2D eigenvalue weighted by Gasteiger charge is 2.13. The minimum absolute atomic E-state index is 0.0720. The van der Waals surface area contributed by atoms with Crippen LogP contribution in [0.3, 0.4) is 0 Å². The van der Waals surface area contributed by atoms with E-state index in [4.69, 9.17) is 21.6 Å². The summed E-state index contributed by atoms with van der Waals surface area (Å²) in [6.07, 6.45) is 5.22. The predicted octanol–water partition coefficient (Wildman–Crippen LogP) is 4.12. The SMILES string of the molecule is COCCn1cc(Nc2ncc(Cl)c(-c3ccc(C(=O)C[C@@H](C)C#N)cc3)n2)cn1. The molecule has 2 heterocycles. The lowest BCUT2D eigenvalue weighted by Gasteiger charge is -2.08. The third-order valence-corrected chi connectivity index (χ3v) is 4.63. The first-order valence-corrected chi connectivity index (χ1v) is 9.72. The molecule has 0 aliphatic heterocycles. The van der Waals surface area contributed by atoms with Crippen molar-refractivity contribution in [2.45, 2.75) is 19.9 Å². The number of nitriles is 1. The van der Waals surface area contributed by atoms with Crippen molar-refractivity contribution in [3.8, 4) is 17.3 Å². The summed E-state index contributed by atoms with van der Waals surface area (Å²) < 4.78 is 6.80. The Morgan fingerprint density at radius 1 is 1.33 bits per heavy atom. The number of nitrogens with one attached hydrogen (secondary N) is 1. The van der Waals surface area contributed by atoms with Gasteiger partial charge in [-0.05, 0) is 6.92 Å². The molecule has 8 nitrogen and oxygen atoms in total. The molecule has 3 rings (SSSR count). The number of Topliss-reactive ketones (excluding diaryl/α,β-unsaturated/α-hetero) is 1. The molecular formula is C21H21ClN6O2. The number of ether oxygens (including phenoxy) is 1. The quantitative estimate of drug-likeness (QED) is 0.515. The van der Waals surface area contributed by atoms with Crippen molar-refractivity contribution in [1.29, 1.82) is 5.26 Å². The largest absolute Gasteiger partial charge is 0.383 e. The van der Waals surface area contributed by atoms with Crippen LogP contribution in [-0.2, 0) is 11.3 Å². The fourth-order valence-corrected chi connectivity index (χ4v) is 2.95. The van der Waals surface area contributed by atoms with Crippen molar-refractivity contribution in [2.24, 2.45) is 5.92 Å². The third-order valence-electron chi connectivity index (χ3n) is 4.35. The summed E-state index contributed by atoms with van der Waals surface area (Å²) in [4.78, 5) is 20.9. The minimum atomic E-state index is -0.319. The molecule has 1 aromatic carbocycles. The number of methoxy groups -OCH3 is 1. The molecule has 0 saturated heterocycles. The lowest BCUT2D eigenvalue weighted by atomic mass is 9.99. The number of ketones is 1. The van der Waals surface area contributed by atoms with E-state index < -0.39 is 0 Å². The van der Waals surface area contributed by atoms with Gasteiger partial charge >= 0.3 is 0 Å². The number of benzene rings is 1. The number of rotatable bonds is 9. The molecule has 0 aliphatic rings. The Bertz CT molecular complexity index is 1060. The van der Waals surface area contributed by atoms with Gasteiger partial charge in [-0.2, -0.15) is 10.4 Å². The van der Waals surface area contributed by atoms with Gasteiger partial charge in [0.15, 0.2) is 5.78 Å². The molecule has 3 aromatic rings. The van der Waals surface area contributed by atoms with Gasteiger partial charge in [0, 0.05) is 30.9 Å². The van der Waals surface area contributed by atoms with Gasteiger partial charge in [-0.15, -0.1) is 0 Å². The highest BCUT2D eigenvalue weighted by Crippen LogP contribution is 2.27. The summed E-state index contributed by atoms with van der Waals surface area (Å²) in [5.41, 5.74) is 2.59. The van der Waals surface area contributed by atoms with Crippen molar-refractivity contribution >= 4 is 29.0 Å². The van der Waals surface area contributed by atoms with Crippen LogP contribution in [0.15, 0.2) is 42.9 Å². The van der Waals surface area contributed by atoms with Gasteiger partial charge in [-0.3, -0.25) is 9.48 Å². The fraction of sp³-hybridized carbons (Fsp3) is 0.286. The lowest BCUT2D eigenvalue weighted by Crippen LogP contribution is -2.04. The van der Waals surface area contributed by atoms with Gasteiger partial charge in [0.1, 0.15) is 0 Å². The molecule has 0 saturated carbocycles. The molecule has 9 heteroatoms. The summed E-state index contributed by atoms with van der Waals surface area (Å²) in [6, 6.07) is 9.07. The summed E-state index contributed by atoms with van der Waals surface area (Å²) >= 11 is 6.30. The Kier molecular flexibility index (Phi) is 7.12. The molecule has 0 spiro atoms. The number of aromatic nitrogens is 4. The smallest absolute Gasteiger partial charge is 0.227 e. The molecule has 1 atom stereocenters. The maximum absolute atomic E-state index is 12.2. The van der Waals surface area contributed by atoms with Gasteiger partial charge in [0.2, 0.25) is 5.95 Å². The Labute approximate surface area is 179 Å². The van der Waals surface area contributed by atoms with Crippen LogP contribution in [0.25, 0.3) is 11.3 Å². The first kappa shape index (κ1) is 21.4. The van der Waals surface area contributed by atoms with E-state index in [-0.39, 0.29) is 18.1 Å². The van der Waals surface area contributed by atoms with Gasteiger partial charge in [0.25, 0.3) is 0 Å². The number of carbonyl (C=O) groups is 1. The van der Waals surface area contributed by atoms with E-state index in [1.807, 2.05) is 6.20 Å². The zero-order valence-electron chi connectivity index (χ0n) is 16.7. The second kappa shape index (κ2) is 9.96. The Balaban J connectivity index is 1.76. The molecule has 0 unspecified atom stereocenters. The lowest BCUT2D eigenvalue weighted by molar-refractivity contribution is 0.0973. The van der Waals surface area contributed by atoms with E-state index in [1.165, 1.54) is 6.20 Å². The van der Waals surface area contributed by atoms with Gasteiger partial charge in [-0.1, -0.05) is 35.9 Å². The molecule has 0 bridgehead atoms. The number of halogens is 1. The number of nitrogens with zero attached hydrogens (tertiary/aromatic N) is 5. The number of carbonyl (C=O) groups excluding carboxylic acids is 1. The number of anilines is 2. The number of hydrogen-bond acceptors (Lipinski definition) is 7. The molecule has 2 aromatic heterocycles. The molecule has 0 radical (unpaired) electrons. The first-order chi connectivity index (χ1) is 14.5. The second-order valence-electron chi connectivity index (χ2n) is 6.73. The normalized spacial score (nSPS) is 11.7. The van der Waals surface area contributed by atoms with Gasteiger partial charge in [0.05, 0.1) is 53.9 Å². The predicted molar refractivity (Wildman–Crippen MR) is 114 cm³/mol. The highest BCUT2D eigenvalue weighted by molar-refractivity contribution is 6.32. The van der Waals surface area contributed by atoms with Crippen LogP contribution in [0.1, 0.15) is 23.7 Å². The van der Waals surface area contributed by atoms with Gasteiger partial charge in [-0.25, -0.2) is 9.97 Å². The average Bonchev–Trinajstić information content (AvgIpc) is 3.20. The standard InChI is InChI=1S/C21H21ClN6O2/c1-14(10-23)9-19(29)15-3-5-16(6-4-15)20-18(22)12-24-21(27-20)26-17-11-25-28(13-17)7-8-30-2/h3-6,11-14H,7-9H2,1-2H3,(H,24,26,27)/t14-/m1/s1. The van der Waals surface area contributed by atoms with Crippen LogP contribution in [0.2, 0.25) is 5.02 Å². The van der Waals surface area contributed by atoms with E-state index in [0.717, 1.165) is 11.3 Å². The second-order valence-corrected chi connectivity index (χ2v) is 7.14. The summed E-state index contributed by atoms with van der Waals surface area (Å²) in [5, 5.41) is 16.6. The van der Waals surface area contributed by atoms with E-state index in [1.54, 1.807) is 49.2 Å². The average molecular weight is 425 g/mol. The van der Waals surface area contributed by atoms with Crippen molar-refractivity contribution in [3.05, 3.63) is 53.4 Å². The van der Waals surface area contributed by atoms with E-state index in [2.05, 4.69) is 26.5 Å². The van der Waals surface area contributed by atoms with Crippen molar-refractivity contribution < 1.29 is 9.53 Å². The molecule has 30 heavy (non-hydrogen) atoms. The monoisotopic (exact) mass is 424 g/mol. The third kappa shape index (κ3) is 5.41. The highest BCUT2D eigenvalue weighted by atomic mass is 35.5. The molecule has 0 amide bonds. The molecule has 154 valence electrons. The van der Waals surface area contributed by atoms with Gasteiger partial charge < -0.3 is 10.1 Å². The molecule has 0 fully saturated rings. The van der Waals surface area contributed by atoms with Crippen molar-refractivity contribution in [1.82, 2.24) is 19.7 Å². The van der Waals surface area contributed by atoms with Crippen molar-refractivity contribution in [3.63, 3.8) is 0 Å². The molecule has 0 aliphatic carbocycles. The zero-order chi connectivity index (χ0) is 21.5. The summed E-state index contributed by atoms with van der Waals surface area (Å²) in [5.74, 6) is -0.0121. The maximum Gasteiger partial charge on any atom is 0.227 e. The van der Waals surface area contributed by atoms with Crippen LogP contribution in [0, 0.1) is 17.2 Å². The number of hydrogen-bond donors (Lipinski definition) is 1. The maximum atomic E-state index is 12.2. The zero-order valence-corrected chi connectivity index (χ0v) is 17.4. The Morgan fingerprint density at radius 2 is 2.10 bits per heavy atom. The van der Waals surface area contributed by atoms with E-state index >= 15 is 0 Å². The molecule has 1 N–H and O–H groups in total. The summed E-state index contributed by atoms with van der Waals surface area (Å²) in [7, 11) is 1.64. The Morgan fingerprint density at radius 3 is 2.80 bits per heavy atom. The minimum Gasteiger partial charge on any atom is -0.383 e. The Hall–Kier alpha value is -3.28. The summed E-state index contributed by atoms with van der Waals surface area (Å²) in [6.45, 7) is 2.93. The van der Waals surface area contributed by atoms with Crippen LogP contribution in [0.5, 0.6) is 0 Å². The topological polar surface area (TPSA) is 106 Å². The fourth-order valence-electron chi connectivity index (χ4n) is 2.75. The van der Waals surface area contributed by atoms with Crippen LogP contribution >= 0.6 is 11.6 Å². The van der Waals surface area contributed by atoms with Crippen LogP contribution in [-0.4, -0.2) is 39.2 Å². The van der Waals surface area contributed by atoms with Crippen LogP contribution < -0.4 is 5.32 Å². The first-order valence-electron chi connectivity index (χ1n) is 9.34. The molecular weight excluding hydrogens is 404 g/mol. The van der Waals surface area contributed by atoms with Crippen molar-refractivity contribution in [2.75, 3.05) is 19.0 Å². The van der Waals surface area contributed by atoms with E-state index in [0.29, 0.717) is 35.4 Å².